The first-order valence-corrected chi connectivity index (χ1v) is 9.13. The normalized spacial score (nSPS) is 18.2. The first kappa shape index (κ1) is 15.4. The molecule has 2 aliphatic rings. The van der Waals surface area contributed by atoms with Crippen LogP contribution in [0.5, 0.6) is 0 Å². The van der Waals surface area contributed by atoms with Crippen LogP contribution in [0.1, 0.15) is 43.4 Å². The molecule has 0 bridgehead atoms. The second-order valence-electron chi connectivity index (χ2n) is 6.89. The molecule has 4 rings (SSSR count). The summed E-state index contributed by atoms with van der Waals surface area (Å²) < 4.78 is 0. The van der Waals surface area contributed by atoms with E-state index >= 15 is 0 Å². The van der Waals surface area contributed by atoms with Gasteiger partial charge in [-0.25, -0.2) is 15.0 Å². The van der Waals surface area contributed by atoms with Gasteiger partial charge in [0.15, 0.2) is 0 Å². The first-order chi connectivity index (χ1) is 11.9. The van der Waals surface area contributed by atoms with E-state index in [1.165, 1.54) is 43.4 Å². The standard InChI is InChI=1S/C19H25N5/c1-2-6-15(7-3-1)12-21-19-16-13-24(18-8-4-5-10-20-18)11-9-17(16)22-14-23-19/h4-5,8,10,14-15H,1-3,6-7,9,11-13H2,(H,21,22,23). The molecule has 1 aliphatic heterocycles. The fraction of sp³-hybridized carbons (Fsp3) is 0.526. The Labute approximate surface area is 143 Å². The highest BCUT2D eigenvalue weighted by Gasteiger charge is 2.22. The maximum absolute atomic E-state index is 4.54. The summed E-state index contributed by atoms with van der Waals surface area (Å²) in [5.41, 5.74) is 2.42. The highest BCUT2D eigenvalue weighted by molar-refractivity contribution is 5.51. The van der Waals surface area contributed by atoms with Gasteiger partial charge in [-0.3, -0.25) is 0 Å². The predicted octanol–water partition coefficient (Wildman–Crippen LogP) is 3.43. The molecule has 2 aromatic heterocycles. The smallest absolute Gasteiger partial charge is 0.134 e. The predicted molar refractivity (Wildman–Crippen MR) is 96.1 cm³/mol. The average Bonchev–Trinajstić information content (AvgIpc) is 2.67. The van der Waals surface area contributed by atoms with Gasteiger partial charge in [0.1, 0.15) is 18.0 Å². The molecule has 5 nitrogen and oxygen atoms in total. The van der Waals surface area contributed by atoms with E-state index in [0.29, 0.717) is 0 Å². The molecular formula is C19H25N5. The second kappa shape index (κ2) is 7.16. The van der Waals surface area contributed by atoms with Gasteiger partial charge in [-0.05, 0) is 30.9 Å². The molecule has 1 aliphatic carbocycles. The van der Waals surface area contributed by atoms with E-state index in [9.17, 15) is 0 Å². The van der Waals surface area contributed by atoms with Crippen molar-refractivity contribution in [3.05, 3.63) is 42.0 Å². The minimum atomic E-state index is 0.792. The number of hydrogen-bond acceptors (Lipinski definition) is 5. The number of rotatable bonds is 4. The van der Waals surface area contributed by atoms with Crippen LogP contribution >= 0.6 is 0 Å². The van der Waals surface area contributed by atoms with Crippen molar-refractivity contribution in [2.45, 2.75) is 45.1 Å². The van der Waals surface area contributed by atoms with Gasteiger partial charge in [-0.15, -0.1) is 0 Å². The van der Waals surface area contributed by atoms with Crippen molar-refractivity contribution in [2.75, 3.05) is 23.3 Å². The van der Waals surface area contributed by atoms with Crippen LogP contribution in [0.25, 0.3) is 0 Å². The number of nitrogens with one attached hydrogen (secondary N) is 1. The Hall–Kier alpha value is -2.17. The van der Waals surface area contributed by atoms with Crippen LogP contribution in [-0.2, 0) is 13.0 Å². The molecule has 0 spiro atoms. The van der Waals surface area contributed by atoms with Crippen molar-refractivity contribution >= 4 is 11.6 Å². The number of fused-ring (bicyclic) bond motifs is 1. The molecule has 5 heteroatoms. The molecule has 24 heavy (non-hydrogen) atoms. The summed E-state index contributed by atoms with van der Waals surface area (Å²) in [4.78, 5) is 15.8. The van der Waals surface area contributed by atoms with Crippen LogP contribution in [0.4, 0.5) is 11.6 Å². The Kier molecular flexibility index (Phi) is 4.58. The lowest BCUT2D eigenvalue weighted by Gasteiger charge is -2.30. The lowest BCUT2D eigenvalue weighted by molar-refractivity contribution is 0.373. The van der Waals surface area contributed by atoms with E-state index < -0.39 is 0 Å². The summed E-state index contributed by atoms with van der Waals surface area (Å²) in [5.74, 6) is 2.84. The minimum absolute atomic E-state index is 0.792. The van der Waals surface area contributed by atoms with Gasteiger partial charge in [0.2, 0.25) is 0 Å². The lowest BCUT2D eigenvalue weighted by atomic mass is 9.89. The summed E-state index contributed by atoms with van der Waals surface area (Å²) in [6.45, 7) is 2.83. The number of hydrogen-bond donors (Lipinski definition) is 1. The van der Waals surface area contributed by atoms with E-state index in [-0.39, 0.29) is 0 Å². The third-order valence-electron chi connectivity index (χ3n) is 5.26. The first-order valence-electron chi connectivity index (χ1n) is 9.13. The number of pyridine rings is 1. The Morgan fingerprint density at radius 1 is 1.08 bits per heavy atom. The molecule has 0 amide bonds. The minimum Gasteiger partial charge on any atom is -0.369 e. The van der Waals surface area contributed by atoms with E-state index in [1.54, 1.807) is 6.33 Å². The van der Waals surface area contributed by atoms with Crippen molar-refractivity contribution in [1.29, 1.82) is 0 Å². The van der Waals surface area contributed by atoms with Crippen molar-refractivity contribution in [3.8, 4) is 0 Å². The van der Waals surface area contributed by atoms with E-state index in [2.05, 4.69) is 31.2 Å². The zero-order valence-corrected chi connectivity index (χ0v) is 14.1. The molecule has 3 heterocycles. The van der Waals surface area contributed by atoms with Gasteiger partial charge in [-0.1, -0.05) is 25.3 Å². The van der Waals surface area contributed by atoms with E-state index in [0.717, 1.165) is 43.6 Å². The van der Waals surface area contributed by atoms with Crippen LogP contribution in [0.3, 0.4) is 0 Å². The molecule has 1 fully saturated rings. The summed E-state index contributed by atoms with van der Waals surface area (Å²) in [6, 6.07) is 6.08. The Morgan fingerprint density at radius 2 is 2.00 bits per heavy atom. The van der Waals surface area contributed by atoms with E-state index in [4.69, 9.17) is 0 Å². The third-order valence-corrected chi connectivity index (χ3v) is 5.26. The Balaban J connectivity index is 1.49. The van der Waals surface area contributed by atoms with Crippen molar-refractivity contribution in [3.63, 3.8) is 0 Å². The molecule has 0 atom stereocenters. The van der Waals surface area contributed by atoms with Crippen LogP contribution in [0.15, 0.2) is 30.7 Å². The van der Waals surface area contributed by atoms with Gasteiger partial charge in [0.05, 0.1) is 5.69 Å². The van der Waals surface area contributed by atoms with Gasteiger partial charge in [0.25, 0.3) is 0 Å². The molecule has 1 saturated carbocycles. The van der Waals surface area contributed by atoms with Crippen molar-refractivity contribution < 1.29 is 0 Å². The summed E-state index contributed by atoms with van der Waals surface area (Å²) in [6.07, 6.45) is 11.4. The summed E-state index contributed by atoms with van der Waals surface area (Å²) >= 11 is 0. The molecule has 0 unspecified atom stereocenters. The quantitative estimate of drug-likeness (QED) is 0.934. The van der Waals surface area contributed by atoms with Crippen molar-refractivity contribution in [2.24, 2.45) is 5.92 Å². The summed E-state index contributed by atoms with van der Waals surface area (Å²) in [5, 5.41) is 3.62. The van der Waals surface area contributed by atoms with Crippen LogP contribution in [0, 0.1) is 5.92 Å². The Morgan fingerprint density at radius 3 is 2.83 bits per heavy atom. The molecule has 1 N–H and O–H groups in total. The fourth-order valence-corrected chi connectivity index (χ4v) is 3.86. The highest BCUT2D eigenvalue weighted by atomic mass is 15.2. The van der Waals surface area contributed by atoms with Crippen LogP contribution in [0.2, 0.25) is 0 Å². The molecule has 126 valence electrons. The molecular weight excluding hydrogens is 298 g/mol. The topological polar surface area (TPSA) is 53.9 Å². The lowest BCUT2D eigenvalue weighted by Crippen LogP contribution is -2.32. The number of anilines is 2. The van der Waals surface area contributed by atoms with Gasteiger partial charge >= 0.3 is 0 Å². The van der Waals surface area contributed by atoms with Gasteiger partial charge in [-0.2, -0.15) is 0 Å². The molecule has 0 radical (unpaired) electrons. The second-order valence-corrected chi connectivity index (χ2v) is 6.89. The fourth-order valence-electron chi connectivity index (χ4n) is 3.86. The molecule has 0 saturated heterocycles. The zero-order valence-electron chi connectivity index (χ0n) is 14.1. The van der Waals surface area contributed by atoms with Gasteiger partial charge in [0, 0.05) is 37.8 Å². The maximum Gasteiger partial charge on any atom is 0.134 e. The molecule has 0 aromatic carbocycles. The number of aromatic nitrogens is 3. The maximum atomic E-state index is 4.54. The summed E-state index contributed by atoms with van der Waals surface area (Å²) in [7, 11) is 0. The van der Waals surface area contributed by atoms with Crippen LogP contribution < -0.4 is 10.2 Å². The molecule has 2 aromatic rings. The largest absolute Gasteiger partial charge is 0.369 e. The Bertz CT molecular complexity index is 667. The number of nitrogens with zero attached hydrogens (tertiary/aromatic N) is 4. The van der Waals surface area contributed by atoms with E-state index in [1.807, 2.05) is 18.3 Å². The van der Waals surface area contributed by atoms with Gasteiger partial charge < -0.3 is 10.2 Å². The van der Waals surface area contributed by atoms with Crippen molar-refractivity contribution in [1.82, 2.24) is 15.0 Å². The zero-order chi connectivity index (χ0) is 16.2. The SMILES string of the molecule is c1ccc(N2CCc3ncnc(NCC4CCCCC4)c3C2)nc1. The highest BCUT2D eigenvalue weighted by Crippen LogP contribution is 2.28. The average molecular weight is 323 g/mol. The van der Waals surface area contributed by atoms with Crippen LogP contribution in [-0.4, -0.2) is 28.0 Å². The third kappa shape index (κ3) is 3.35. The monoisotopic (exact) mass is 323 g/mol.